The summed E-state index contributed by atoms with van der Waals surface area (Å²) in [7, 11) is 0. The first-order valence-corrected chi connectivity index (χ1v) is 9.98. The number of benzene rings is 1. The molecule has 1 aromatic carbocycles. The van der Waals surface area contributed by atoms with Gasteiger partial charge >= 0.3 is 5.97 Å². The molecule has 1 aromatic rings. The van der Waals surface area contributed by atoms with Crippen molar-refractivity contribution in [3.8, 4) is 0 Å². The van der Waals surface area contributed by atoms with Crippen LogP contribution in [0.25, 0.3) is 0 Å². The summed E-state index contributed by atoms with van der Waals surface area (Å²) >= 11 is 0. The fraction of sp³-hybridized carbons (Fsp3) is 0.667. The van der Waals surface area contributed by atoms with Gasteiger partial charge in [0.15, 0.2) is 0 Å². The van der Waals surface area contributed by atoms with Crippen LogP contribution in [0.4, 0.5) is 0 Å². The maximum atomic E-state index is 12.5. The molecule has 134 valence electrons. The van der Waals surface area contributed by atoms with E-state index >= 15 is 0 Å². The molecule has 0 bridgehead atoms. The average Bonchev–Trinajstić information content (AvgIpc) is 3.21. The van der Waals surface area contributed by atoms with Crippen molar-refractivity contribution in [2.24, 2.45) is 11.8 Å². The van der Waals surface area contributed by atoms with Gasteiger partial charge in [0.1, 0.15) is 0 Å². The number of rotatable bonds is 2. The van der Waals surface area contributed by atoms with Crippen molar-refractivity contribution in [1.29, 1.82) is 0 Å². The van der Waals surface area contributed by atoms with Gasteiger partial charge in [0.2, 0.25) is 0 Å². The molecule has 0 amide bonds. The Hall–Kier alpha value is -1.39. The third-order valence-electron chi connectivity index (χ3n) is 7.33. The lowest BCUT2D eigenvalue weighted by Gasteiger charge is -2.48. The molecule has 0 saturated carbocycles. The SMILES string of the molecule is O=C1OCC[C@H]2[C@H]1[C@H]1CCCN1C21CCN(Cc2ccccc2)CC1. The van der Waals surface area contributed by atoms with E-state index in [2.05, 4.69) is 40.1 Å². The summed E-state index contributed by atoms with van der Waals surface area (Å²) in [6.07, 6.45) is 5.93. The van der Waals surface area contributed by atoms with Crippen LogP contribution in [0.3, 0.4) is 0 Å². The molecule has 3 atom stereocenters. The normalized spacial score (nSPS) is 34.7. The second-order valence-electron chi connectivity index (χ2n) is 8.36. The lowest BCUT2D eigenvalue weighted by Crippen LogP contribution is -2.56. The second kappa shape index (κ2) is 6.10. The van der Waals surface area contributed by atoms with Gasteiger partial charge in [0.25, 0.3) is 0 Å². The number of carbonyl (C=O) groups excluding carboxylic acids is 1. The van der Waals surface area contributed by atoms with Gasteiger partial charge in [0, 0.05) is 31.2 Å². The number of fused-ring (bicyclic) bond motifs is 5. The molecule has 4 nitrogen and oxygen atoms in total. The largest absolute Gasteiger partial charge is 0.465 e. The summed E-state index contributed by atoms with van der Waals surface area (Å²) in [5.74, 6) is 0.770. The Bertz CT molecular complexity index is 639. The molecule has 0 unspecified atom stereocenters. The van der Waals surface area contributed by atoms with Gasteiger partial charge in [-0.3, -0.25) is 14.6 Å². The van der Waals surface area contributed by atoms with Crippen LogP contribution in [-0.2, 0) is 16.1 Å². The Balaban J connectivity index is 1.34. The number of carbonyl (C=O) groups is 1. The first-order valence-electron chi connectivity index (χ1n) is 9.98. The highest BCUT2D eigenvalue weighted by Crippen LogP contribution is 2.55. The summed E-state index contributed by atoms with van der Waals surface area (Å²) in [5.41, 5.74) is 1.67. The van der Waals surface area contributed by atoms with E-state index in [1.165, 1.54) is 37.8 Å². The number of hydrogen-bond acceptors (Lipinski definition) is 4. The summed E-state index contributed by atoms with van der Waals surface area (Å²) in [4.78, 5) is 17.8. The van der Waals surface area contributed by atoms with Crippen LogP contribution >= 0.6 is 0 Å². The summed E-state index contributed by atoms with van der Waals surface area (Å²) < 4.78 is 5.46. The monoisotopic (exact) mass is 340 g/mol. The Morgan fingerprint density at radius 1 is 1.08 bits per heavy atom. The van der Waals surface area contributed by atoms with Gasteiger partial charge in [-0.05, 0) is 50.1 Å². The van der Waals surface area contributed by atoms with Crippen LogP contribution in [0.2, 0.25) is 0 Å². The molecule has 4 aliphatic rings. The fourth-order valence-corrected chi connectivity index (χ4v) is 6.28. The maximum Gasteiger partial charge on any atom is 0.310 e. The minimum absolute atomic E-state index is 0.0942. The van der Waals surface area contributed by atoms with Gasteiger partial charge in [-0.25, -0.2) is 0 Å². The molecule has 4 heterocycles. The summed E-state index contributed by atoms with van der Waals surface area (Å²) in [5, 5.41) is 0. The molecule has 25 heavy (non-hydrogen) atoms. The highest BCUT2D eigenvalue weighted by molar-refractivity contribution is 5.75. The third kappa shape index (κ3) is 2.45. The minimum Gasteiger partial charge on any atom is -0.465 e. The summed E-state index contributed by atoms with van der Waals surface area (Å²) in [6.45, 7) is 5.17. The number of likely N-dealkylation sites (tertiary alicyclic amines) is 1. The number of ether oxygens (including phenoxy) is 1. The van der Waals surface area contributed by atoms with Gasteiger partial charge in [-0.15, -0.1) is 0 Å². The molecule has 4 heteroatoms. The number of hydrogen-bond donors (Lipinski definition) is 0. The van der Waals surface area contributed by atoms with Crippen molar-refractivity contribution in [3.05, 3.63) is 35.9 Å². The molecule has 4 fully saturated rings. The highest BCUT2D eigenvalue weighted by Gasteiger charge is 2.63. The number of cyclic esters (lactones) is 1. The first-order chi connectivity index (χ1) is 12.3. The summed E-state index contributed by atoms with van der Waals surface area (Å²) in [6, 6.07) is 11.3. The smallest absolute Gasteiger partial charge is 0.310 e. The van der Waals surface area contributed by atoms with Crippen LogP contribution < -0.4 is 0 Å². The van der Waals surface area contributed by atoms with Gasteiger partial charge in [0.05, 0.1) is 12.5 Å². The molecule has 0 radical (unpaired) electrons. The van der Waals surface area contributed by atoms with Crippen LogP contribution in [0.15, 0.2) is 30.3 Å². The van der Waals surface area contributed by atoms with Gasteiger partial charge in [-0.1, -0.05) is 30.3 Å². The van der Waals surface area contributed by atoms with Crippen LogP contribution in [-0.4, -0.2) is 53.6 Å². The van der Waals surface area contributed by atoms with E-state index in [9.17, 15) is 4.79 Å². The number of esters is 1. The van der Waals surface area contributed by atoms with Crippen LogP contribution in [0.5, 0.6) is 0 Å². The van der Waals surface area contributed by atoms with E-state index < -0.39 is 0 Å². The van der Waals surface area contributed by atoms with E-state index in [1.54, 1.807) is 0 Å². The van der Waals surface area contributed by atoms with Crippen molar-refractivity contribution >= 4 is 5.97 Å². The van der Waals surface area contributed by atoms with Crippen LogP contribution in [0, 0.1) is 11.8 Å². The Labute approximate surface area is 150 Å². The van der Waals surface area contributed by atoms with Gasteiger partial charge < -0.3 is 4.74 Å². The molecule has 0 N–H and O–H groups in total. The molecule has 4 saturated heterocycles. The zero-order valence-electron chi connectivity index (χ0n) is 14.9. The molecular weight excluding hydrogens is 312 g/mol. The van der Waals surface area contributed by atoms with E-state index in [4.69, 9.17) is 4.74 Å². The lowest BCUT2D eigenvalue weighted by molar-refractivity contribution is -0.157. The van der Waals surface area contributed by atoms with Gasteiger partial charge in [-0.2, -0.15) is 0 Å². The number of piperidine rings is 1. The Morgan fingerprint density at radius 2 is 1.88 bits per heavy atom. The lowest BCUT2D eigenvalue weighted by atomic mass is 9.70. The molecule has 5 rings (SSSR count). The fourth-order valence-electron chi connectivity index (χ4n) is 6.28. The second-order valence-corrected chi connectivity index (χ2v) is 8.36. The minimum atomic E-state index is 0.0942. The van der Waals surface area contributed by atoms with Crippen molar-refractivity contribution in [2.45, 2.75) is 50.2 Å². The van der Waals surface area contributed by atoms with Crippen molar-refractivity contribution in [2.75, 3.05) is 26.2 Å². The van der Waals surface area contributed by atoms with E-state index in [-0.39, 0.29) is 17.4 Å². The molecule has 1 spiro atoms. The van der Waals surface area contributed by atoms with Crippen LogP contribution in [0.1, 0.15) is 37.7 Å². The number of nitrogens with zero attached hydrogens (tertiary/aromatic N) is 2. The predicted molar refractivity (Wildman–Crippen MR) is 96.0 cm³/mol. The van der Waals surface area contributed by atoms with E-state index in [0.717, 1.165) is 26.1 Å². The van der Waals surface area contributed by atoms with Crippen molar-refractivity contribution in [1.82, 2.24) is 9.80 Å². The first kappa shape index (κ1) is 15.8. The third-order valence-corrected chi connectivity index (χ3v) is 7.33. The molecule has 4 aliphatic heterocycles. The standard InChI is InChI=1S/C21H28N2O2/c24-20-19-17(8-14-25-20)21(23-11-4-7-18(19)23)9-12-22(13-10-21)15-16-5-2-1-3-6-16/h1-3,5-6,17-19H,4,7-15H2/t17-,18+,19-/m0/s1. The maximum absolute atomic E-state index is 12.5. The highest BCUT2D eigenvalue weighted by atomic mass is 16.5. The average molecular weight is 340 g/mol. The van der Waals surface area contributed by atoms with E-state index in [1.807, 2.05) is 0 Å². The Morgan fingerprint density at radius 3 is 2.68 bits per heavy atom. The molecular formula is C21H28N2O2. The predicted octanol–water partition coefficient (Wildman–Crippen LogP) is 2.68. The van der Waals surface area contributed by atoms with E-state index in [0.29, 0.717) is 18.6 Å². The Kier molecular flexibility index (Phi) is 3.86. The topological polar surface area (TPSA) is 32.8 Å². The molecule has 0 aromatic heterocycles. The quantitative estimate of drug-likeness (QED) is 0.775. The van der Waals surface area contributed by atoms with Crippen molar-refractivity contribution < 1.29 is 9.53 Å². The van der Waals surface area contributed by atoms with Crippen molar-refractivity contribution in [3.63, 3.8) is 0 Å². The zero-order chi connectivity index (χ0) is 16.9. The molecule has 0 aliphatic carbocycles. The zero-order valence-corrected chi connectivity index (χ0v) is 14.9.